The first-order valence-corrected chi connectivity index (χ1v) is 11.1. The maximum Gasteiger partial charge on any atom is 0.243 e. The molecule has 0 saturated carbocycles. The Morgan fingerprint density at radius 1 is 1.13 bits per heavy atom. The molecule has 8 heteroatoms. The van der Waals surface area contributed by atoms with Gasteiger partial charge in [-0.1, -0.05) is 42.5 Å². The van der Waals surface area contributed by atoms with Gasteiger partial charge in [0.15, 0.2) is 0 Å². The molecule has 6 nitrogen and oxygen atoms in total. The van der Waals surface area contributed by atoms with Crippen molar-refractivity contribution in [1.29, 1.82) is 0 Å². The molecule has 2 N–H and O–H groups in total. The summed E-state index contributed by atoms with van der Waals surface area (Å²) in [6.45, 7) is 0.985. The van der Waals surface area contributed by atoms with Gasteiger partial charge in [0.1, 0.15) is 11.9 Å². The Bertz CT molecular complexity index is 1060. The van der Waals surface area contributed by atoms with E-state index in [4.69, 9.17) is 0 Å². The van der Waals surface area contributed by atoms with E-state index in [0.717, 1.165) is 11.1 Å². The van der Waals surface area contributed by atoms with E-state index in [1.54, 1.807) is 24.4 Å². The third kappa shape index (κ3) is 5.32. The Balaban J connectivity index is 1.31. The van der Waals surface area contributed by atoms with Crippen LogP contribution in [0.2, 0.25) is 0 Å². The van der Waals surface area contributed by atoms with Crippen LogP contribution in [0.4, 0.5) is 4.39 Å². The Hall–Kier alpha value is -3.13. The number of halogens is 1. The van der Waals surface area contributed by atoms with E-state index in [9.17, 15) is 14.0 Å². The Kier molecular flexibility index (Phi) is 6.66. The molecule has 2 amide bonds. The molecule has 160 valence electrons. The minimum Gasteiger partial charge on any atom is -0.350 e. The van der Waals surface area contributed by atoms with Gasteiger partial charge in [-0.2, -0.15) is 5.10 Å². The van der Waals surface area contributed by atoms with Gasteiger partial charge in [-0.05, 0) is 35.2 Å². The minimum atomic E-state index is -0.604. The zero-order valence-electron chi connectivity index (χ0n) is 16.8. The molecule has 1 saturated heterocycles. The molecule has 1 aromatic heterocycles. The SMILES string of the molecule is O=C(NCc1ccccc1Cn1cccn1)[C@H]1CS[C@H](Cc2ccccc2F)C(=O)N1. The Labute approximate surface area is 184 Å². The van der Waals surface area contributed by atoms with E-state index >= 15 is 0 Å². The standard InChI is InChI=1S/C23H23FN4O2S/c24-19-9-4-3-6-16(19)12-21-23(30)27-20(15-31-21)22(29)25-13-17-7-1-2-8-18(17)14-28-11-5-10-26-28/h1-11,20-21H,12-15H2,(H,25,29)(H,27,30)/t20-,21-/m1/s1. The van der Waals surface area contributed by atoms with Crippen LogP contribution in [0.3, 0.4) is 0 Å². The molecular weight excluding hydrogens is 415 g/mol. The molecule has 2 heterocycles. The highest BCUT2D eigenvalue weighted by Gasteiger charge is 2.32. The number of hydrogen-bond acceptors (Lipinski definition) is 4. The van der Waals surface area contributed by atoms with Crippen LogP contribution in [-0.4, -0.2) is 38.6 Å². The molecule has 0 radical (unpaired) electrons. The van der Waals surface area contributed by atoms with E-state index in [2.05, 4.69) is 15.7 Å². The first-order chi connectivity index (χ1) is 15.1. The summed E-state index contributed by atoms with van der Waals surface area (Å²) < 4.78 is 15.7. The number of benzene rings is 2. The summed E-state index contributed by atoms with van der Waals surface area (Å²) >= 11 is 1.39. The number of aromatic nitrogens is 2. The summed E-state index contributed by atoms with van der Waals surface area (Å²) in [5, 5.41) is 9.53. The van der Waals surface area contributed by atoms with E-state index < -0.39 is 11.3 Å². The summed E-state index contributed by atoms with van der Waals surface area (Å²) in [5.74, 6) is -0.326. The molecule has 0 spiro atoms. The van der Waals surface area contributed by atoms with Crippen molar-refractivity contribution in [2.75, 3.05) is 5.75 Å². The van der Waals surface area contributed by atoms with Gasteiger partial charge in [0.05, 0.1) is 11.8 Å². The highest BCUT2D eigenvalue weighted by molar-refractivity contribution is 8.00. The molecule has 1 aliphatic heterocycles. The number of nitrogens with zero attached hydrogens (tertiary/aromatic N) is 2. The summed E-state index contributed by atoms with van der Waals surface area (Å²) in [5.41, 5.74) is 2.57. The van der Waals surface area contributed by atoms with Crippen LogP contribution in [0.5, 0.6) is 0 Å². The lowest BCUT2D eigenvalue weighted by Crippen LogP contribution is -2.54. The number of carbonyl (C=O) groups is 2. The highest BCUT2D eigenvalue weighted by Crippen LogP contribution is 2.23. The van der Waals surface area contributed by atoms with Crippen molar-refractivity contribution >= 4 is 23.6 Å². The van der Waals surface area contributed by atoms with Gasteiger partial charge in [0.2, 0.25) is 11.8 Å². The Morgan fingerprint density at radius 3 is 2.58 bits per heavy atom. The van der Waals surface area contributed by atoms with Crippen molar-refractivity contribution in [3.63, 3.8) is 0 Å². The highest BCUT2D eigenvalue weighted by atomic mass is 32.2. The largest absolute Gasteiger partial charge is 0.350 e. The number of nitrogens with one attached hydrogen (secondary N) is 2. The quantitative estimate of drug-likeness (QED) is 0.595. The van der Waals surface area contributed by atoms with Gasteiger partial charge in [0.25, 0.3) is 0 Å². The van der Waals surface area contributed by atoms with Crippen LogP contribution >= 0.6 is 11.8 Å². The number of amides is 2. The Morgan fingerprint density at radius 2 is 1.87 bits per heavy atom. The molecule has 1 fully saturated rings. The van der Waals surface area contributed by atoms with Crippen LogP contribution in [0.25, 0.3) is 0 Å². The van der Waals surface area contributed by atoms with Gasteiger partial charge < -0.3 is 10.6 Å². The average molecular weight is 439 g/mol. The van der Waals surface area contributed by atoms with Crippen LogP contribution < -0.4 is 10.6 Å². The fourth-order valence-corrected chi connectivity index (χ4v) is 4.69. The third-order valence-electron chi connectivity index (χ3n) is 5.22. The predicted octanol–water partition coefficient (Wildman–Crippen LogP) is 2.53. The fraction of sp³-hybridized carbons (Fsp3) is 0.261. The maximum absolute atomic E-state index is 13.9. The van der Waals surface area contributed by atoms with Gasteiger partial charge in [-0.3, -0.25) is 14.3 Å². The van der Waals surface area contributed by atoms with Crippen molar-refractivity contribution in [3.05, 3.63) is 89.5 Å². The second-order valence-corrected chi connectivity index (χ2v) is 8.60. The molecule has 0 bridgehead atoms. The second-order valence-electron chi connectivity index (χ2n) is 7.37. The monoisotopic (exact) mass is 438 g/mol. The van der Waals surface area contributed by atoms with Crippen molar-refractivity contribution in [2.24, 2.45) is 0 Å². The van der Waals surface area contributed by atoms with E-state index in [0.29, 0.717) is 30.8 Å². The molecule has 1 aliphatic rings. The van der Waals surface area contributed by atoms with E-state index in [-0.39, 0.29) is 17.6 Å². The number of thioether (sulfide) groups is 1. The van der Waals surface area contributed by atoms with Crippen LogP contribution in [0, 0.1) is 5.82 Å². The van der Waals surface area contributed by atoms with Crippen molar-refractivity contribution in [2.45, 2.75) is 30.8 Å². The molecule has 0 unspecified atom stereocenters. The molecule has 2 atom stereocenters. The number of hydrogen-bond donors (Lipinski definition) is 2. The smallest absolute Gasteiger partial charge is 0.243 e. The first kappa shape index (κ1) is 21.1. The molecule has 0 aliphatic carbocycles. The minimum absolute atomic E-state index is 0.223. The first-order valence-electron chi connectivity index (χ1n) is 10.1. The molecule has 31 heavy (non-hydrogen) atoms. The lowest BCUT2D eigenvalue weighted by Gasteiger charge is -2.28. The normalized spacial score (nSPS) is 18.4. The lowest BCUT2D eigenvalue weighted by atomic mass is 10.1. The van der Waals surface area contributed by atoms with Gasteiger partial charge >= 0.3 is 0 Å². The molecule has 4 rings (SSSR count). The van der Waals surface area contributed by atoms with Gasteiger partial charge in [0, 0.05) is 24.7 Å². The summed E-state index contributed by atoms with van der Waals surface area (Å²) in [7, 11) is 0. The van der Waals surface area contributed by atoms with Crippen LogP contribution in [-0.2, 0) is 29.1 Å². The van der Waals surface area contributed by atoms with Crippen molar-refractivity contribution in [1.82, 2.24) is 20.4 Å². The maximum atomic E-state index is 13.9. The topological polar surface area (TPSA) is 76.0 Å². The molecule has 3 aromatic rings. The zero-order chi connectivity index (χ0) is 21.6. The second kappa shape index (κ2) is 9.78. The van der Waals surface area contributed by atoms with Gasteiger partial charge in [-0.25, -0.2) is 4.39 Å². The van der Waals surface area contributed by atoms with Crippen LogP contribution in [0.15, 0.2) is 67.0 Å². The summed E-state index contributed by atoms with van der Waals surface area (Å²) in [4.78, 5) is 25.1. The van der Waals surface area contributed by atoms with E-state index in [1.165, 1.54) is 17.8 Å². The summed E-state index contributed by atoms with van der Waals surface area (Å²) in [6.07, 6.45) is 3.92. The van der Waals surface area contributed by atoms with E-state index in [1.807, 2.05) is 41.2 Å². The summed E-state index contributed by atoms with van der Waals surface area (Å²) in [6, 6.07) is 15.6. The fourth-order valence-electron chi connectivity index (χ4n) is 3.51. The van der Waals surface area contributed by atoms with Crippen LogP contribution in [0.1, 0.15) is 16.7 Å². The third-order valence-corrected chi connectivity index (χ3v) is 6.52. The lowest BCUT2D eigenvalue weighted by molar-refractivity contribution is -0.128. The predicted molar refractivity (Wildman–Crippen MR) is 118 cm³/mol. The zero-order valence-corrected chi connectivity index (χ0v) is 17.6. The molecule has 2 aromatic carbocycles. The number of rotatable bonds is 7. The number of carbonyl (C=O) groups excluding carboxylic acids is 2. The van der Waals surface area contributed by atoms with Crippen molar-refractivity contribution < 1.29 is 14.0 Å². The average Bonchev–Trinajstić information content (AvgIpc) is 3.29. The van der Waals surface area contributed by atoms with Crippen molar-refractivity contribution in [3.8, 4) is 0 Å². The molecular formula is C23H23FN4O2S. The van der Waals surface area contributed by atoms with Gasteiger partial charge in [-0.15, -0.1) is 11.8 Å².